The van der Waals surface area contributed by atoms with Crippen LogP contribution in [0.2, 0.25) is 0 Å². The number of aliphatic carboxylic acids is 1. The van der Waals surface area contributed by atoms with Crippen LogP contribution in [0.5, 0.6) is 0 Å². The number of ether oxygens (including phenoxy) is 1. The molecule has 36 heavy (non-hydrogen) atoms. The molecule has 1 amide bonds. The van der Waals surface area contributed by atoms with Gasteiger partial charge < -0.3 is 14.4 Å². The van der Waals surface area contributed by atoms with E-state index in [1.54, 1.807) is 38.1 Å². The largest absolute Gasteiger partial charge is 0.481 e. The van der Waals surface area contributed by atoms with Gasteiger partial charge in [-0.05, 0) is 67.9 Å². The number of rotatable bonds is 8. The van der Waals surface area contributed by atoms with Crippen LogP contribution in [0.1, 0.15) is 18.2 Å². The van der Waals surface area contributed by atoms with Gasteiger partial charge in [0.1, 0.15) is 17.2 Å². The Morgan fingerprint density at radius 2 is 1.67 bits per heavy atom. The van der Waals surface area contributed by atoms with Crippen LogP contribution < -0.4 is 4.90 Å². The number of hydrogen-bond acceptors (Lipinski definition) is 6. The summed E-state index contributed by atoms with van der Waals surface area (Å²) in [6, 6.07) is 20.7. The van der Waals surface area contributed by atoms with Crippen LogP contribution in [0, 0.1) is 12.7 Å². The third kappa shape index (κ3) is 5.58. The second kappa shape index (κ2) is 11.1. The van der Waals surface area contributed by atoms with Crippen LogP contribution in [0.25, 0.3) is 11.3 Å². The first-order valence-corrected chi connectivity index (χ1v) is 12.0. The van der Waals surface area contributed by atoms with Gasteiger partial charge in [0.15, 0.2) is 5.76 Å². The number of para-hydroxylation sites is 1. The number of nitrogens with zero attached hydrogens (tertiary/aromatic N) is 2. The molecule has 0 unspecified atom stereocenters. The molecule has 9 heteroatoms. The van der Waals surface area contributed by atoms with Crippen molar-refractivity contribution in [3.8, 4) is 11.3 Å². The number of halogens is 1. The Bertz CT molecular complexity index is 1370. The predicted octanol–water partition coefficient (Wildman–Crippen LogP) is 6.86. The highest BCUT2D eigenvalue weighted by Crippen LogP contribution is 2.40. The first kappa shape index (κ1) is 25.0. The molecular formula is C27H23FN2O5S. The highest BCUT2D eigenvalue weighted by molar-refractivity contribution is 7.99. The number of hydrogen-bond donors (Lipinski definition) is 1. The Kier molecular flexibility index (Phi) is 7.70. The molecule has 0 spiro atoms. The molecule has 4 rings (SSSR count). The zero-order valence-corrected chi connectivity index (χ0v) is 20.4. The molecule has 7 nitrogen and oxygen atoms in total. The number of anilines is 2. The highest BCUT2D eigenvalue weighted by atomic mass is 32.2. The van der Waals surface area contributed by atoms with Crippen molar-refractivity contribution in [1.29, 1.82) is 0 Å². The molecule has 0 bridgehead atoms. The van der Waals surface area contributed by atoms with Gasteiger partial charge in [0.2, 0.25) is 0 Å². The molecule has 0 radical (unpaired) electrons. The van der Waals surface area contributed by atoms with Gasteiger partial charge in [0.05, 0.1) is 18.7 Å². The van der Waals surface area contributed by atoms with E-state index in [2.05, 4.69) is 5.16 Å². The third-order valence-corrected chi connectivity index (χ3v) is 6.25. The molecule has 3 aromatic carbocycles. The fraction of sp³-hybridized carbons (Fsp3) is 0.148. The Balaban J connectivity index is 1.63. The maximum atomic E-state index is 14.7. The molecule has 0 aliphatic heterocycles. The number of amides is 1. The minimum absolute atomic E-state index is 0.0196. The third-order valence-electron chi connectivity index (χ3n) is 5.23. The number of aromatic nitrogens is 1. The molecule has 184 valence electrons. The molecule has 0 atom stereocenters. The molecule has 1 N–H and O–H groups in total. The minimum atomic E-state index is -0.871. The van der Waals surface area contributed by atoms with Crippen LogP contribution in [0.15, 0.2) is 87.1 Å². The van der Waals surface area contributed by atoms with Crippen LogP contribution in [0.3, 0.4) is 0 Å². The van der Waals surface area contributed by atoms with Gasteiger partial charge in [-0.3, -0.25) is 4.79 Å². The quantitative estimate of drug-likeness (QED) is 0.279. The predicted molar refractivity (Wildman–Crippen MR) is 134 cm³/mol. The molecule has 4 aromatic rings. The lowest BCUT2D eigenvalue weighted by atomic mass is 10.1. The maximum absolute atomic E-state index is 14.7. The number of carboxylic acid groups (broad SMARTS) is 1. The van der Waals surface area contributed by atoms with E-state index in [9.17, 15) is 14.0 Å². The lowest BCUT2D eigenvalue weighted by molar-refractivity contribution is -0.136. The lowest BCUT2D eigenvalue weighted by Crippen LogP contribution is -2.28. The summed E-state index contributed by atoms with van der Waals surface area (Å²) in [6.07, 6.45) is -0.762. The first-order valence-electron chi connectivity index (χ1n) is 11.1. The monoisotopic (exact) mass is 506 g/mol. The number of benzene rings is 3. The van der Waals surface area contributed by atoms with E-state index in [-0.39, 0.29) is 18.7 Å². The summed E-state index contributed by atoms with van der Waals surface area (Å²) >= 11 is 1.52. The smallest absolute Gasteiger partial charge is 0.419 e. The van der Waals surface area contributed by atoms with Gasteiger partial charge in [0.25, 0.3) is 0 Å². The molecule has 0 fully saturated rings. The van der Waals surface area contributed by atoms with Gasteiger partial charge in [-0.2, -0.15) is 0 Å². The molecule has 0 saturated heterocycles. The molecule has 0 aliphatic carbocycles. The van der Waals surface area contributed by atoms with Crippen molar-refractivity contribution in [1.82, 2.24) is 5.16 Å². The second-order valence-electron chi connectivity index (χ2n) is 7.77. The van der Waals surface area contributed by atoms with Crippen molar-refractivity contribution in [2.24, 2.45) is 0 Å². The fourth-order valence-electron chi connectivity index (χ4n) is 3.61. The van der Waals surface area contributed by atoms with Crippen LogP contribution in [0.4, 0.5) is 20.6 Å². The summed E-state index contributed by atoms with van der Waals surface area (Å²) in [6.45, 7) is 3.47. The molecule has 1 heterocycles. The Labute approximate surface area is 211 Å². The number of aryl methyl sites for hydroxylation is 1. The van der Waals surface area contributed by atoms with Crippen LogP contribution in [-0.2, 0) is 16.0 Å². The molecule has 1 aromatic heterocycles. The number of carboxylic acids is 1. The minimum Gasteiger partial charge on any atom is -0.481 e. The first-order chi connectivity index (χ1) is 17.4. The Morgan fingerprint density at radius 1 is 1.03 bits per heavy atom. The van der Waals surface area contributed by atoms with Crippen LogP contribution >= 0.6 is 11.8 Å². The van der Waals surface area contributed by atoms with Gasteiger partial charge in [-0.25, -0.2) is 14.1 Å². The topological polar surface area (TPSA) is 92.9 Å². The number of carbonyl (C=O) groups excluding carboxylic acids is 1. The van der Waals surface area contributed by atoms with E-state index in [0.717, 1.165) is 20.3 Å². The van der Waals surface area contributed by atoms with Gasteiger partial charge in [0, 0.05) is 15.4 Å². The summed E-state index contributed by atoms with van der Waals surface area (Å²) in [7, 11) is 0. The van der Waals surface area contributed by atoms with Crippen molar-refractivity contribution >= 4 is 35.2 Å². The highest BCUT2D eigenvalue weighted by Gasteiger charge is 2.30. The van der Waals surface area contributed by atoms with E-state index in [4.69, 9.17) is 14.4 Å². The fourth-order valence-corrected chi connectivity index (χ4v) is 4.43. The van der Waals surface area contributed by atoms with Crippen molar-refractivity contribution in [2.75, 3.05) is 11.5 Å². The Hall–Kier alpha value is -4.11. The molecule has 0 saturated carbocycles. The maximum Gasteiger partial charge on any atom is 0.419 e. The normalized spacial score (nSPS) is 10.8. The van der Waals surface area contributed by atoms with E-state index < -0.39 is 17.9 Å². The second-order valence-corrected chi connectivity index (χ2v) is 8.92. The zero-order chi connectivity index (χ0) is 25.7. The van der Waals surface area contributed by atoms with E-state index in [0.29, 0.717) is 22.7 Å². The average Bonchev–Trinajstić information content (AvgIpc) is 3.23. The van der Waals surface area contributed by atoms with E-state index in [1.807, 2.05) is 36.4 Å². The zero-order valence-electron chi connectivity index (χ0n) is 19.6. The van der Waals surface area contributed by atoms with Crippen LogP contribution in [-0.4, -0.2) is 28.9 Å². The lowest BCUT2D eigenvalue weighted by Gasteiger charge is -2.22. The SMILES string of the molecule is CCOC(=O)N(c1ccccc1F)c1c(C)noc1-c1ccc(Sc2ccc(CC(=O)O)cc2)cc1. The van der Waals surface area contributed by atoms with Crippen molar-refractivity contribution in [3.05, 3.63) is 89.9 Å². The van der Waals surface area contributed by atoms with Gasteiger partial charge >= 0.3 is 12.1 Å². The van der Waals surface area contributed by atoms with Gasteiger partial charge in [-0.1, -0.05) is 41.2 Å². The Morgan fingerprint density at radius 3 is 2.28 bits per heavy atom. The summed E-state index contributed by atoms with van der Waals surface area (Å²) in [5.41, 5.74) is 2.12. The van der Waals surface area contributed by atoms with Gasteiger partial charge in [-0.15, -0.1) is 0 Å². The number of carbonyl (C=O) groups is 2. The summed E-state index contributed by atoms with van der Waals surface area (Å²) in [4.78, 5) is 26.8. The molecular weight excluding hydrogens is 483 g/mol. The summed E-state index contributed by atoms with van der Waals surface area (Å²) in [5.74, 6) is -1.15. The van der Waals surface area contributed by atoms with Crippen molar-refractivity contribution in [3.63, 3.8) is 0 Å². The van der Waals surface area contributed by atoms with E-state index >= 15 is 0 Å². The standard InChI is InChI=1S/C27H23FN2O5S/c1-3-34-27(33)30(23-7-5-4-6-22(23)28)25-17(2)29-35-26(25)19-10-14-21(15-11-19)36-20-12-8-18(9-13-20)16-24(31)32/h4-15H,3,16H2,1-2H3,(H,31,32). The van der Waals surface area contributed by atoms with E-state index in [1.165, 1.54) is 23.9 Å². The van der Waals surface area contributed by atoms with Crippen molar-refractivity contribution in [2.45, 2.75) is 30.1 Å². The summed E-state index contributed by atoms with van der Waals surface area (Å²) < 4.78 is 25.5. The summed E-state index contributed by atoms with van der Waals surface area (Å²) in [5, 5.41) is 13.0. The average molecular weight is 507 g/mol. The van der Waals surface area contributed by atoms with Crippen molar-refractivity contribution < 1.29 is 28.3 Å². The molecule has 0 aliphatic rings.